The molecule has 100 valence electrons. The van der Waals surface area contributed by atoms with Gasteiger partial charge < -0.3 is 10.3 Å². The van der Waals surface area contributed by atoms with E-state index < -0.39 is 0 Å². The van der Waals surface area contributed by atoms with E-state index in [4.69, 9.17) is 0 Å². The predicted octanol–water partition coefficient (Wildman–Crippen LogP) is 4.61. The predicted molar refractivity (Wildman–Crippen MR) is 84.1 cm³/mol. The maximum Gasteiger partial charge on any atom is 0.0626 e. The molecule has 2 heterocycles. The topological polar surface area (TPSA) is 27.8 Å². The number of nitrogens with one attached hydrogen (secondary N) is 2. The fourth-order valence-corrected chi connectivity index (χ4v) is 3.46. The fraction of sp³-hybridized carbons (Fsp3) is 0.222. The summed E-state index contributed by atoms with van der Waals surface area (Å²) >= 11 is 0. The van der Waals surface area contributed by atoms with Crippen LogP contribution in [0, 0.1) is 0 Å². The molecule has 0 spiro atoms. The van der Waals surface area contributed by atoms with Gasteiger partial charge in [0.2, 0.25) is 0 Å². The van der Waals surface area contributed by atoms with E-state index in [9.17, 15) is 0 Å². The quantitative estimate of drug-likeness (QED) is 0.658. The second kappa shape index (κ2) is 3.89. The molecular weight excluding hydrogens is 244 g/mol. The lowest BCUT2D eigenvalue weighted by molar-refractivity contribution is 0.476. The molecule has 0 saturated heterocycles. The zero-order valence-corrected chi connectivity index (χ0v) is 11.8. The number of para-hydroxylation sites is 2. The first kappa shape index (κ1) is 11.6. The third kappa shape index (κ3) is 1.45. The van der Waals surface area contributed by atoms with Crippen LogP contribution in [-0.2, 0) is 5.41 Å². The number of benzene rings is 2. The van der Waals surface area contributed by atoms with Crippen LogP contribution in [0.2, 0.25) is 0 Å². The number of hydrogen-bond donors (Lipinski definition) is 2. The van der Waals surface area contributed by atoms with Gasteiger partial charge in [0.1, 0.15) is 0 Å². The van der Waals surface area contributed by atoms with Gasteiger partial charge in [-0.2, -0.15) is 0 Å². The summed E-state index contributed by atoms with van der Waals surface area (Å²) in [7, 11) is 0. The maximum atomic E-state index is 3.70. The van der Waals surface area contributed by atoms with Crippen molar-refractivity contribution in [3.8, 4) is 0 Å². The molecule has 1 aliphatic heterocycles. The Labute approximate surface area is 118 Å². The highest BCUT2D eigenvalue weighted by Gasteiger charge is 2.40. The van der Waals surface area contributed by atoms with Crippen LogP contribution in [0.5, 0.6) is 0 Å². The number of rotatable bonds is 1. The summed E-state index contributed by atoms with van der Waals surface area (Å²) in [6.45, 7) is 4.64. The Morgan fingerprint density at radius 3 is 2.55 bits per heavy atom. The standard InChI is InChI=1S/C18H18N2/c1-18(2)14-8-4-6-10-16(14)20-17(18)13-11-19-15-9-5-3-7-12(13)15/h3-11,17,19-20H,1-2H3. The van der Waals surface area contributed by atoms with Gasteiger partial charge in [0.25, 0.3) is 0 Å². The largest absolute Gasteiger partial charge is 0.377 e. The zero-order valence-electron chi connectivity index (χ0n) is 11.8. The summed E-state index contributed by atoms with van der Waals surface area (Å²) in [5.74, 6) is 0. The average molecular weight is 262 g/mol. The first-order chi connectivity index (χ1) is 9.68. The van der Waals surface area contributed by atoms with Crippen molar-refractivity contribution in [1.82, 2.24) is 4.98 Å². The van der Waals surface area contributed by atoms with Gasteiger partial charge in [0, 0.05) is 33.8 Å². The Morgan fingerprint density at radius 1 is 0.950 bits per heavy atom. The van der Waals surface area contributed by atoms with Crippen molar-refractivity contribution in [2.45, 2.75) is 25.3 Å². The van der Waals surface area contributed by atoms with Crippen LogP contribution < -0.4 is 5.32 Å². The van der Waals surface area contributed by atoms with E-state index >= 15 is 0 Å². The van der Waals surface area contributed by atoms with Crippen molar-refractivity contribution >= 4 is 16.6 Å². The number of anilines is 1. The summed E-state index contributed by atoms with van der Waals surface area (Å²) in [4.78, 5) is 3.39. The highest BCUT2D eigenvalue weighted by Crippen LogP contribution is 2.49. The van der Waals surface area contributed by atoms with E-state index in [0.29, 0.717) is 6.04 Å². The van der Waals surface area contributed by atoms with Crippen LogP contribution in [0.25, 0.3) is 10.9 Å². The van der Waals surface area contributed by atoms with Gasteiger partial charge in [0.05, 0.1) is 6.04 Å². The Morgan fingerprint density at radius 2 is 1.70 bits per heavy atom. The Balaban J connectivity index is 1.89. The molecule has 0 fully saturated rings. The van der Waals surface area contributed by atoms with Crippen molar-refractivity contribution in [1.29, 1.82) is 0 Å². The molecule has 0 saturated carbocycles. The monoisotopic (exact) mass is 262 g/mol. The summed E-state index contributed by atoms with van der Waals surface area (Å²) in [6, 6.07) is 17.4. The van der Waals surface area contributed by atoms with Crippen molar-refractivity contribution in [2.75, 3.05) is 5.32 Å². The van der Waals surface area contributed by atoms with Crippen LogP contribution >= 0.6 is 0 Å². The number of fused-ring (bicyclic) bond motifs is 2. The summed E-state index contributed by atoms with van der Waals surface area (Å²) < 4.78 is 0. The van der Waals surface area contributed by atoms with Gasteiger partial charge in [-0.05, 0) is 17.7 Å². The molecule has 1 aromatic heterocycles. The molecule has 2 aromatic carbocycles. The van der Waals surface area contributed by atoms with Crippen molar-refractivity contribution in [2.24, 2.45) is 0 Å². The molecule has 4 rings (SSSR count). The van der Waals surface area contributed by atoms with Gasteiger partial charge in [-0.15, -0.1) is 0 Å². The molecule has 2 heteroatoms. The number of H-pyrrole nitrogens is 1. The minimum atomic E-state index is 0.0849. The minimum Gasteiger partial charge on any atom is -0.377 e. The average Bonchev–Trinajstić information content (AvgIpc) is 2.98. The highest BCUT2D eigenvalue weighted by atomic mass is 15.0. The van der Waals surface area contributed by atoms with Crippen LogP contribution in [-0.4, -0.2) is 4.98 Å². The molecule has 0 amide bonds. The molecule has 2 nitrogen and oxygen atoms in total. The molecule has 0 radical (unpaired) electrons. The smallest absolute Gasteiger partial charge is 0.0626 e. The van der Waals surface area contributed by atoms with E-state index in [-0.39, 0.29) is 5.41 Å². The molecule has 2 N–H and O–H groups in total. The molecular formula is C18H18N2. The van der Waals surface area contributed by atoms with E-state index in [1.165, 1.54) is 27.7 Å². The lowest BCUT2D eigenvalue weighted by Crippen LogP contribution is -2.25. The van der Waals surface area contributed by atoms with Gasteiger partial charge in [-0.25, -0.2) is 0 Å². The molecule has 1 atom stereocenters. The zero-order chi connectivity index (χ0) is 13.7. The minimum absolute atomic E-state index is 0.0849. The fourth-order valence-electron chi connectivity index (χ4n) is 3.46. The molecule has 1 aliphatic rings. The normalized spacial score (nSPS) is 19.8. The molecule has 0 bridgehead atoms. The molecule has 0 aliphatic carbocycles. The molecule has 3 aromatic rings. The number of hydrogen-bond acceptors (Lipinski definition) is 1. The van der Waals surface area contributed by atoms with E-state index in [2.05, 4.69) is 78.9 Å². The maximum absolute atomic E-state index is 3.70. The van der Waals surface area contributed by atoms with E-state index in [0.717, 1.165) is 0 Å². The third-order valence-corrected chi connectivity index (χ3v) is 4.58. The second-order valence-electron chi connectivity index (χ2n) is 6.13. The summed E-state index contributed by atoms with van der Waals surface area (Å²) in [5, 5.41) is 5.01. The van der Waals surface area contributed by atoms with E-state index in [1.54, 1.807) is 0 Å². The van der Waals surface area contributed by atoms with Gasteiger partial charge >= 0.3 is 0 Å². The van der Waals surface area contributed by atoms with Gasteiger partial charge in [-0.3, -0.25) is 0 Å². The van der Waals surface area contributed by atoms with Crippen LogP contribution in [0.4, 0.5) is 5.69 Å². The lowest BCUT2D eigenvalue weighted by atomic mass is 9.78. The third-order valence-electron chi connectivity index (χ3n) is 4.58. The lowest BCUT2D eigenvalue weighted by Gasteiger charge is -2.27. The number of aromatic amines is 1. The highest BCUT2D eigenvalue weighted by molar-refractivity contribution is 5.85. The first-order valence-electron chi connectivity index (χ1n) is 7.10. The Bertz CT molecular complexity index is 783. The van der Waals surface area contributed by atoms with Gasteiger partial charge in [0.15, 0.2) is 0 Å². The summed E-state index contributed by atoms with van der Waals surface area (Å²) in [6.07, 6.45) is 2.15. The Hall–Kier alpha value is -2.22. The molecule has 1 unspecified atom stereocenters. The Kier molecular flexibility index (Phi) is 2.25. The SMILES string of the molecule is CC1(C)c2ccccc2NC1c1c[nH]c2ccccc12. The molecule has 20 heavy (non-hydrogen) atoms. The number of aromatic nitrogens is 1. The van der Waals surface area contributed by atoms with Crippen molar-refractivity contribution in [3.05, 3.63) is 65.9 Å². The van der Waals surface area contributed by atoms with E-state index in [1.807, 2.05) is 0 Å². The van der Waals surface area contributed by atoms with Crippen LogP contribution in [0.15, 0.2) is 54.7 Å². The van der Waals surface area contributed by atoms with Crippen molar-refractivity contribution < 1.29 is 0 Å². The van der Waals surface area contributed by atoms with Crippen LogP contribution in [0.1, 0.15) is 31.0 Å². The second-order valence-corrected chi connectivity index (χ2v) is 6.13. The van der Waals surface area contributed by atoms with Crippen LogP contribution in [0.3, 0.4) is 0 Å². The van der Waals surface area contributed by atoms with Gasteiger partial charge in [-0.1, -0.05) is 50.2 Å². The first-order valence-corrected chi connectivity index (χ1v) is 7.10. The van der Waals surface area contributed by atoms with Crippen molar-refractivity contribution in [3.63, 3.8) is 0 Å². The summed E-state index contributed by atoms with van der Waals surface area (Å²) in [5.41, 5.74) is 5.29.